The fraction of sp³-hybridized carbons (Fsp3) is 0.0833. The number of halogens is 2. The van der Waals surface area contributed by atoms with Gasteiger partial charge in [0.15, 0.2) is 0 Å². The van der Waals surface area contributed by atoms with E-state index in [1.54, 1.807) is 24.3 Å². The van der Waals surface area contributed by atoms with Gasteiger partial charge in [-0.2, -0.15) is 0 Å². The van der Waals surface area contributed by atoms with Crippen LogP contribution in [0.1, 0.15) is 5.69 Å². The van der Waals surface area contributed by atoms with Gasteiger partial charge in [-0.15, -0.1) is 0 Å². The van der Waals surface area contributed by atoms with Crippen molar-refractivity contribution in [3.05, 3.63) is 56.4 Å². The fourth-order valence-electron chi connectivity index (χ4n) is 1.51. The van der Waals surface area contributed by atoms with Crippen molar-refractivity contribution < 1.29 is 0 Å². The summed E-state index contributed by atoms with van der Waals surface area (Å²) in [4.78, 5) is 14.5. The third kappa shape index (κ3) is 2.29. The van der Waals surface area contributed by atoms with E-state index in [9.17, 15) is 4.79 Å². The highest BCUT2D eigenvalue weighted by atomic mass is 35.5. The molecular weight excluding hydrogens is 245 g/mol. The topological polar surface area (TPSA) is 32.9 Å². The van der Waals surface area contributed by atoms with Crippen LogP contribution in [-0.2, 0) is 0 Å². The Bertz CT molecular complexity index is 570. The van der Waals surface area contributed by atoms with Gasteiger partial charge >= 0.3 is 0 Å². The summed E-state index contributed by atoms with van der Waals surface area (Å²) in [6, 6.07) is 8.66. The molecular formula is C12H9Cl2NO. The number of aryl methyl sites for hydroxylation is 1. The third-order valence-corrected chi connectivity index (χ3v) is 2.67. The molecule has 0 saturated heterocycles. The monoisotopic (exact) mass is 253 g/mol. The molecule has 1 heterocycles. The zero-order valence-corrected chi connectivity index (χ0v) is 10.1. The minimum absolute atomic E-state index is 0.140. The molecule has 0 aliphatic carbocycles. The Balaban J connectivity index is 2.63. The molecule has 4 heteroatoms. The number of rotatable bonds is 1. The van der Waals surface area contributed by atoms with E-state index in [0.29, 0.717) is 15.6 Å². The minimum Gasteiger partial charge on any atom is -0.326 e. The molecule has 1 aromatic heterocycles. The van der Waals surface area contributed by atoms with Crippen LogP contribution in [0.5, 0.6) is 0 Å². The van der Waals surface area contributed by atoms with Crippen LogP contribution in [0.3, 0.4) is 0 Å². The zero-order valence-electron chi connectivity index (χ0n) is 8.55. The van der Waals surface area contributed by atoms with Crippen LogP contribution >= 0.6 is 23.2 Å². The van der Waals surface area contributed by atoms with E-state index < -0.39 is 0 Å². The lowest BCUT2D eigenvalue weighted by molar-refractivity contribution is 1.15. The van der Waals surface area contributed by atoms with Gasteiger partial charge in [0.2, 0.25) is 0 Å². The van der Waals surface area contributed by atoms with Gasteiger partial charge in [0.25, 0.3) is 5.56 Å². The van der Waals surface area contributed by atoms with Crippen LogP contribution in [0.4, 0.5) is 0 Å². The zero-order chi connectivity index (χ0) is 11.7. The lowest BCUT2D eigenvalue weighted by Gasteiger charge is -2.03. The molecule has 2 nitrogen and oxygen atoms in total. The summed E-state index contributed by atoms with van der Waals surface area (Å²) in [5.74, 6) is 0. The number of hydrogen-bond donors (Lipinski definition) is 1. The third-order valence-electron chi connectivity index (χ3n) is 2.23. The molecule has 82 valence electrons. The number of aromatic nitrogens is 1. The predicted molar refractivity (Wildman–Crippen MR) is 67.3 cm³/mol. The lowest BCUT2D eigenvalue weighted by Crippen LogP contribution is -2.09. The van der Waals surface area contributed by atoms with Crippen molar-refractivity contribution in [1.82, 2.24) is 4.98 Å². The van der Waals surface area contributed by atoms with Crippen LogP contribution in [-0.4, -0.2) is 4.98 Å². The molecule has 0 atom stereocenters. The number of hydrogen-bond acceptors (Lipinski definition) is 1. The second kappa shape index (κ2) is 4.32. The average Bonchev–Trinajstić information content (AvgIpc) is 2.15. The van der Waals surface area contributed by atoms with Crippen LogP contribution < -0.4 is 5.56 Å². The molecule has 0 aliphatic rings. The number of benzene rings is 1. The Kier molecular flexibility index (Phi) is 3.03. The Morgan fingerprint density at radius 3 is 2.25 bits per heavy atom. The molecule has 0 saturated carbocycles. The number of H-pyrrole nitrogens is 1. The first-order chi connectivity index (χ1) is 7.56. The standard InChI is InChI=1S/C12H9Cl2NO/c1-7-2-3-11(12(16)15-7)8-4-9(13)6-10(14)5-8/h2-6H,1H3,(H,15,16). The molecule has 0 spiro atoms. The van der Waals surface area contributed by atoms with E-state index in [0.717, 1.165) is 11.3 Å². The first-order valence-corrected chi connectivity index (χ1v) is 5.48. The highest BCUT2D eigenvalue weighted by Gasteiger charge is 2.05. The van der Waals surface area contributed by atoms with Gasteiger partial charge in [-0.3, -0.25) is 4.79 Å². The maximum Gasteiger partial charge on any atom is 0.256 e. The van der Waals surface area contributed by atoms with Crippen molar-refractivity contribution in [3.8, 4) is 11.1 Å². The molecule has 2 rings (SSSR count). The minimum atomic E-state index is -0.140. The second-order valence-electron chi connectivity index (χ2n) is 3.54. The van der Waals surface area contributed by atoms with Gasteiger partial charge in [-0.25, -0.2) is 0 Å². The van der Waals surface area contributed by atoms with Crippen LogP contribution in [0.2, 0.25) is 10.0 Å². The van der Waals surface area contributed by atoms with Crippen molar-refractivity contribution in [1.29, 1.82) is 0 Å². The summed E-state index contributed by atoms with van der Waals surface area (Å²) in [6.45, 7) is 1.83. The Morgan fingerprint density at radius 2 is 1.69 bits per heavy atom. The largest absolute Gasteiger partial charge is 0.326 e. The van der Waals surface area contributed by atoms with Crippen molar-refractivity contribution in [2.45, 2.75) is 6.92 Å². The van der Waals surface area contributed by atoms with E-state index in [1.807, 2.05) is 13.0 Å². The van der Waals surface area contributed by atoms with Gasteiger partial charge < -0.3 is 4.98 Å². The summed E-state index contributed by atoms with van der Waals surface area (Å²) in [5, 5.41) is 1.03. The Labute approximate surface area is 103 Å². The highest BCUT2D eigenvalue weighted by Crippen LogP contribution is 2.25. The fourth-order valence-corrected chi connectivity index (χ4v) is 2.03. The first kappa shape index (κ1) is 11.2. The lowest BCUT2D eigenvalue weighted by atomic mass is 10.1. The van der Waals surface area contributed by atoms with Crippen LogP contribution in [0.25, 0.3) is 11.1 Å². The predicted octanol–water partition coefficient (Wildman–Crippen LogP) is 3.66. The Hall–Kier alpha value is -1.25. The molecule has 2 aromatic rings. The summed E-state index contributed by atoms with van der Waals surface area (Å²) < 4.78 is 0. The summed E-state index contributed by atoms with van der Waals surface area (Å²) in [7, 11) is 0. The molecule has 16 heavy (non-hydrogen) atoms. The molecule has 1 aromatic carbocycles. The quantitative estimate of drug-likeness (QED) is 0.827. The van der Waals surface area contributed by atoms with Gasteiger partial charge in [0.05, 0.1) is 0 Å². The summed E-state index contributed by atoms with van der Waals surface area (Å²) in [6.07, 6.45) is 0. The molecule has 0 fully saturated rings. The normalized spacial score (nSPS) is 10.4. The molecule has 1 N–H and O–H groups in total. The highest BCUT2D eigenvalue weighted by molar-refractivity contribution is 6.35. The van der Waals surface area contributed by atoms with Gasteiger partial charge in [-0.05, 0) is 42.8 Å². The molecule has 0 unspecified atom stereocenters. The van der Waals surface area contributed by atoms with Crippen molar-refractivity contribution in [2.24, 2.45) is 0 Å². The van der Waals surface area contributed by atoms with E-state index in [-0.39, 0.29) is 5.56 Å². The van der Waals surface area contributed by atoms with Crippen LogP contribution in [0, 0.1) is 6.92 Å². The van der Waals surface area contributed by atoms with Gasteiger partial charge in [0.1, 0.15) is 0 Å². The number of nitrogens with one attached hydrogen (secondary N) is 1. The van der Waals surface area contributed by atoms with Crippen molar-refractivity contribution in [3.63, 3.8) is 0 Å². The Morgan fingerprint density at radius 1 is 1.06 bits per heavy atom. The maximum absolute atomic E-state index is 11.7. The first-order valence-electron chi connectivity index (χ1n) is 4.72. The summed E-state index contributed by atoms with van der Waals surface area (Å²) >= 11 is 11.8. The molecule has 0 amide bonds. The summed E-state index contributed by atoms with van der Waals surface area (Å²) in [5.41, 5.74) is 1.97. The van der Waals surface area contributed by atoms with Crippen molar-refractivity contribution >= 4 is 23.2 Å². The molecule has 0 aliphatic heterocycles. The smallest absolute Gasteiger partial charge is 0.256 e. The van der Waals surface area contributed by atoms with E-state index in [4.69, 9.17) is 23.2 Å². The second-order valence-corrected chi connectivity index (χ2v) is 4.42. The van der Waals surface area contributed by atoms with E-state index in [2.05, 4.69) is 4.98 Å². The van der Waals surface area contributed by atoms with Crippen LogP contribution in [0.15, 0.2) is 35.1 Å². The van der Waals surface area contributed by atoms with Gasteiger partial charge in [-0.1, -0.05) is 23.2 Å². The number of aromatic amines is 1. The SMILES string of the molecule is Cc1ccc(-c2cc(Cl)cc(Cl)c2)c(=O)[nH]1. The average molecular weight is 254 g/mol. The number of pyridine rings is 1. The van der Waals surface area contributed by atoms with Gasteiger partial charge in [0, 0.05) is 21.3 Å². The van der Waals surface area contributed by atoms with E-state index >= 15 is 0 Å². The van der Waals surface area contributed by atoms with Crippen molar-refractivity contribution in [2.75, 3.05) is 0 Å². The maximum atomic E-state index is 11.7. The molecule has 0 radical (unpaired) electrons. The van der Waals surface area contributed by atoms with E-state index in [1.165, 1.54) is 0 Å². The molecule has 0 bridgehead atoms.